The fourth-order valence-electron chi connectivity index (χ4n) is 0.697. The number of ether oxygens (including phenoxy) is 1. The summed E-state index contributed by atoms with van der Waals surface area (Å²) in [6, 6.07) is 0. The van der Waals surface area contributed by atoms with Crippen molar-refractivity contribution < 1.29 is 14.4 Å². The summed E-state index contributed by atoms with van der Waals surface area (Å²) in [5.41, 5.74) is 0. The van der Waals surface area contributed by atoms with Gasteiger partial charge in [-0.3, -0.25) is 4.79 Å². The number of amides is 1. The zero-order valence-electron chi connectivity index (χ0n) is 7.34. The van der Waals surface area contributed by atoms with Crippen LogP contribution in [0.4, 0.5) is 0 Å². The van der Waals surface area contributed by atoms with Crippen LogP contribution >= 0.6 is 0 Å². The summed E-state index contributed by atoms with van der Waals surface area (Å²) in [6.45, 7) is 1.51. The van der Waals surface area contributed by atoms with Crippen LogP contribution in [0.25, 0.3) is 0 Å². The Morgan fingerprint density at radius 2 is 2.25 bits per heavy atom. The summed E-state index contributed by atoms with van der Waals surface area (Å²) in [4.78, 5) is 15.2. The summed E-state index contributed by atoms with van der Waals surface area (Å²) >= 11 is 0. The molecule has 3 N–H and O–H groups in total. The molecule has 0 spiro atoms. The number of rotatable bonds is 7. The first-order valence-electron chi connectivity index (χ1n) is 3.88. The molecule has 0 aromatic rings. The van der Waals surface area contributed by atoms with Gasteiger partial charge in [0.2, 0.25) is 5.91 Å². The Kier molecular flexibility index (Phi) is 7.99. The zero-order valence-corrected chi connectivity index (χ0v) is 7.34. The highest BCUT2D eigenvalue weighted by Gasteiger charge is 1.98. The molecule has 0 aliphatic rings. The van der Waals surface area contributed by atoms with Crippen molar-refractivity contribution in [2.75, 3.05) is 26.9 Å². The molecule has 12 heavy (non-hydrogen) atoms. The molecule has 0 aliphatic carbocycles. The summed E-state index contributed by atoms with van der Waals surface area (Å²) < 4.78 is 4.76. The van der Waals surface area contributed by atoms with E-state index in [4.69, 9.17) is 10.6 Å². The first-order chi connectivity index (χ1) is 5.81. The third kappa shape index (κ3) is 7.46. The average molecular weight is 176 g/mol. The van der Waals surface area contributed by atoms with Gasteiger partial charge in [0, 0.05) is 20.1 Å². The normalized spacial score (nSPS) is 9.83. The Morgan fingerprint density at radius 3 is 2.83 bits per heavy atom. The predicted molar refractivity (Wildman–Crippen MR) is 44.3 cm³/mol. The lowest BCUT2D eigenvalue weighted by molar-refractivity contribution is -0.121. The molecule has 0 unspecified atom stereocenters. The highest BCUT2D eigenvalue weighted by Crippen LogP contribution is 1.87. The van der Waals surface area contributed by atoms with E-state index in [-0.39, 0.29) is 5.91 Å². The number of nitrogens with two attached hydrogens (primary N) is 1. The molecule has 0 aliphatic heterocycles. The van der Waals surface area contributed by atoms with Crippen LogP contribution in [0.1, 0.15) is 12.8 Å². The van der Waals surface area contributed by atoms with Crippen LogP contribution in [0.3, 0.4) is 0 Å². The number of carbonyl (C=O) groups is 1. The lowest BCUT2D eigenvalue weighted by Crippen LogP contribution is -2.26. The Balaban J connectivity index is 3.10. The molecule has 0 radical (unpaired) electrons. The van der Waals surface area contributed by atoms with Crippen molar-refractivity contribution in [1.29, 1.82) is 0 Å². The molecule has 0 saturated carbocycles. The van der Waals surface area contributed by atoms with Gasteiger partial charge in [0.1, 0.15) is 0 Å². The summed E-state index contributed by atoms with van der Waals surface area (Å²) in [5.74, 6) is 4.79. The minimum Gasteiger partial charge on any atom is -0.383 e. The molecule has 0 fully saturated rings. The van der Waals surface area contributed by atoms with Crippen molar-refractivity contribution >= 4 is 5.91 Å². The molecule has 0 atom stereocenters. The number of carbonyl (C=O) groups excluding carboxylic acids is 1. The molecule has 0 aromatic carbocycles. The predicted octanol–water partition coefficient (Wildman–Crippen LogP) is -0.580. The quantitative estimate of drug-likeness (QED) is 0.402. The van der Waals surface area contributed by atoms with Crippen molar-refractivity contribution in [1.82, 2.24) is 5.32 Å². The molecule has 5 nitrogen and oxygen atoms in total. The first kappa shape index (κ1) is 11.4. The van der Waals surface area contributed by atoms with Gasteiger partial charge in [0.15, 0.2) is 0 Å². The van der Waals surface area contributed by atoms with Crippen LogP contribution in [0.5, 0.6) is 0 Å². The van der Waals surface area contributed by atoms with Gasteiger partial charge in [0.05, 0.1) is 13.2 Å². The molecule has 0 rings (SSSR count). The smallest absolute Gasteiger partial charge is 0.220 e. The van der Waals surface area contributed by atoms with Gasteiger partial charge in [-0.2, -0.15) is 0 Å². The standard InChI is InChI=1S/C7H16N2O3/c1-11-6-4-9-7(10)3-2-5-12-8/h2-6,8H2,1H3,(H,9,10). The molecule has 5 heteroatoms. The van der Waals surface area contributed by atoms with E-state index in [1.807, 2.05) is 0 Å². The molecule has 0 heterocycles. The van der Waals surface area contributed by atoms with Gasteiger partial charge in [-0.25, -0.2) is 5.90 Å². The number of hydrogen-bond acceptors (Lipinski definition) is 4. The van der Waals surface area contributed by atoms with E-state index in [0.717, 1.165) is 0 Å². The molecule has 0 saturated heterocycles. The Labute approximate surface area is 72.2 Å². The molecule has 1 amide bonds. The minimum absolute atomic E-state index is 0.00380. The van der Waals surface area contributed by atoms with E-state index in [1.54, 1.807) is 7.11 Å². The van der Waals surface area contributed by atoms with Crippen LogP contribution in [-0.4, -0.2) is 32.8 Å². The monoisotopic (exact) mass is 176 g/mol. The molecule has 72 valence electrons. The largest absolute Gasteiger partial charge is 0.383 e. The fraction of sp³-hybridized carbons (Fsp3) is 0.857. The number of nitrogens with one attached hydrogen (secondary N) is 1. The van der Waals surface area contributed by atoms with Crippen LogP contribution in [0.2, 0.25) is 0 Å². The minimum atomic E-state index is 0.00380. The molecular formula is C7H16N2O3. The lowest BCUT2D eigenvalue weighted by atomic mass is 10.3. The van der Waals surface area contributed by atoms with Crippen LogP contribution in [0, 0.1) is 0 Å². The maximum absolute atomic E-state index is 10.9. The van der Waals surface area contributed by atoms with Crippen molar-refractivity contribution in [2.45, 2.75) is 12.8 Å². The molecule has 0 aromatic heterocycles. The second-order valence-corrected chi connectivity index (χ2v) is 2.32. The Morgan fingerprint density at radius 1 is 1.50 bits per heavy atom. The molecular weight excluding hydrogens is 160 g/mol. The van der Waals surface area contributed by atoms with Gasteiger partial charge in [0.25, 0.3) is 0 Å². The van der Waals surface area contributed by atoms with Crippen molar-refractivity contribution in [2.24, 2.45) is 5.90 Å². The fourth-order valence-corrected chi connectivity index (χ4v) is 0.697. The maximum Gasteiger partial charge on any atom is 0.220 e. The van der Waals surface area contributed by atoms with Crippen molar-refractivity contribution in [3.63, 3.8) is 0 Å². The Hall–Kier alpha value is -0.650. The molecule has 0 bridgehead atoms. The van der Waals surface area contributed by atoms with Gasteiger partial charge in [-0.05, 0) is 6.42 Å². The topological polar surface area (TPSA) is 73.6 Å². The van der Waals surface area contributed by atoms with E-state index in [1.165, 1.54) is 0 Å². The van der Waals surface area contributed by atoms with E-state index in [2.05, 4.69) is 10.2 Å². The third-order valence-corrected chi connectivity index (χ3v) is 1.29. The van der Waals surface area contributed by atoms with Crippen molar-refractivity contribution in [3.8, 4) is 0 Å². The maximum atomic E-state index is 10.9. The zero-order chi connectivity index (χ0) is 9.23. The van der Waals surface area contributed by atoms with E-state index in [9.17, 15) is 4.79 Å². The van der Waals surface area contributed by atoms with Gasteiger partial charge < -0.3 is 14.9 Å². The highest BCUT2D eigenvalue weighted by atomic mass is 16.6. The van der Waals surface area contributed by atoms with Crippen LogP contribution < -0.4 is 11.2 Å². The van der Waals surface area contributed by atoms with Gasteiger partial charge in [-0.1, -0.05) is 0 Å². The summed E-state index contributed by atoms with van der Waals surface area (Å²) in [5, 5.41) is 2.68. The van der Waals surface area contributed by atoms with E-state index < -0.39 is 0 Å². The summed E-state index contributed by atoms with van der Waals surface area (Å²) in [7, 11) is 1.59. The number of hydrogen-bond donors (Lipinski definition) is 2. The van der Waals surface area contributed by atoms with Crippen LogP contribution in [0.15, 0.2) is 0 Å². The van der Waals surface area contributed by atoms with Crippen LogP contribution in [-0.2, 0) is 14.4 Å². The van der Waals surface area contributed by atoms with Gasteiger partial charge >= 0.3 is 0 Å². The second-order valence-electron chi connectivity index (χ2n) is 2.32. The van der Waals surface area contributed by atoms with E-state index >= 15 is 0 Å². The Bertz CT molecular complexity index is 107. The van der Waals surface area contributed by atoms with Crippen molar-refractivity contribution in [3.05, 3.63) is 0 Å². The average Bonchev–Trinajstić information content (AvgIpc) is 2.06. The highest BCUT2D eigenvalue weighted by molar-refractivity contribution is 5.75. The first-order valence-corrected chi connectivity index (χ1v) is 3.88. The SMILES string of the molecule is COCCNC(=O)CCCON. The van der Waals surface area contributed by atoms with E-state index in [0.29, 0.717) is 32.6 Å². The second kappa shape index (κ2) is 8.45. The number of methoxy groups -OCH3 is 1. The third-order valence-electron chi connectivity index (χ3n) is 1.29. The lowest BCUT2D eigenvalue weighted by Gasteiger charge is -2.03. The summed E-state index contributed by atoms with van der Waals surface area (Å²) in [6.07, 6.45) is 1.09. The van der Waals surface area contributed by atoms with Gasteiger partial charge in [-0.15, -0.1) is 0 Å².